The van der Waals surface area contributed by atoms with Gasteiger partial charge in [0.25, 0.3) is 0 Å². The molecule has 0 saturated carbocycles. The standard InChI is InChI=1S/C14H26O5/c1-9-7-11(15-3)8-13(18-9)19-14-10(2)17-6-5-12(14)16-4/h9-14H,5-8H2,1-4H3/t9-,10-,11+,12-,13-,14-/m0/s1. The van der Waals surface area contributed by atoms with Gasteiger partial charge in [0.15, 0.2) is 6.29 Å². The van der Waals surface area contributed by atoms with Crippen molar-refractivity contribution in [3.05, 3.63) is 0 Å². The Morgan fingerprint density at radius 1 is 1.05 bits per heavy atom. The normalized spacial score (nSPS) is 44.2. The number of ether oxygens (including phenoxy) is 5. The summed E-state index contributed by atoms with van der Waals surface area (Å²) in [5, 5.41) is 0. The molecule has 0 spiro atoms. The van der Waals surface area contributed by atoms with Gasteiger partial charge in [0, 0.05) is 27.2 Å². The third kappa shape index (κ3) is 3.89. The highest BCUT2D eigenvalue weighted by Crippen LogP contribution is 2.27. The van der Waals surface area contributed by atoms with Crippen LogP contribution in [0.2, 0.25) is 0 Å². The van der Waals surface area contributed by atoms with Gasteiger partial charge in [0.05, 0.1) is 24.4 Å². The zero-order chi connectivity index (χ0) is 13.8. The molecule has 2 aliphatic heterocycles. The van der Waals surface area contributed by atoms with Crippen LogP contribution in [-0.4, -0.2) is 57.6 Å². The van der Waals surface area contributed by atoms with Crippen molar-refractivity contribution in [1.82, 2.24) is 0 Å². The van der Waals surface area contributed by atoms with Gasteiger partial charge in [-0.25, -0.2) is 0 Å². The molecule has 0 radical (unpaired) electrons. The molecule has 0 unspecified atom stereocenters. The van der Waals surface area contributed by atoms with Crippen molar-refractivity contribution in [1.29, 1.82) is 0 Å². The first-order valence-electron chi connectivity index (χ1n) is 7.12. The molecule has 2 saturated heterocycles. The fraction of sp³-hybridized carbons (Fsp3) is 1.00. The Morgan fingerprint density at radius 2 is 1.84 bits per heavy atom. The smallest absolute Gasteiger partial charge is 0.161 e. The van der Waals surface area contributed by atoms with E-state index in [1.54, 1.807) is 14.2 Å². The minimum absolute atomic E-state index is 0.0283. The molecule has 0 N–H and O–H groups in total. The summed E-state index contributed by atoms with van der Waals surface area (Å²) in [6, 6.07) is 0. The van der Waals surface area contributed by atoms with Crippen molar-refractivity contribution >= 4 is 0 Å². The fourth-order valence-corrected chi connectivity index (χ4v) is 2.89. The van der Waals surface area contributed by atoms with Crippen LogP contribution in [0.15, 0.2) is 0 Å². The summed E-state index contributed by atoms with van der Waals surface area (Å²) in [6.45, 7) is 4.80. The molecule has 2 fully saturated rings. The minimum atomic E-state index is -0.236. The SMILES string of the molecule is CO[C@H]1C[C@H](O[C@H]2[C@H](C)OCC[C@@H]2OC)O[C@@H](C)C1. The van der Waals surface area contributed by atoms with Crippen LogP contribution in [0.5, 0.6) is 0 Å². The van der Waals surface area contributed by atoms with E-state index in [-0.39, 0.29) is 36.8 Å². The van der Waals surface area contributed by atoms with E-state index in [1.807, 2.05) is 6.92 Å². The van der Waals surface area contributed by atoms with Gasteiger partial charge in [-0.2, -0.15) is 0 Å². The molecular weight excluding hydrogens is 248 g/mol. The van der Waals surface area contributed by atoms with Gasteiger partial charge < -0.3 is 23.7 Å². The Labute approximate surface area is 115 Å². The number of rotatable bonds is 4. The van der Waals surface area contributed by atoms with Crippen LogP contribution in [0.25, 0.3) is 0 Å². The summed E-state index contributed by atoms with van der Waals surface area (Å²) in [4.78, 5) is 0. The molecule has 0 bridgehead atoms. The molecule has 0 aliphatic carbocycles. The van der Waals surface area contributed by atoms with Crippen LogP contribution >= 0.6 is 0 Å². The molecule has 112 valence electrons. The maximum atomic E-state index is 6.10. The van der Waals surface area contributed by atoms with E-state index in [1.165, 1.54) is 0 Å². The summed E-state index contributed by atoms with van der Waals surface area (Å²) in [6.07, 6.45) is 2.69. The van der Waals surface area contributed by atoms with Gasteiger partial charge in [-0.1, -0.05) is 0 Å². The van der Waals surface area contributed by atoms with Gasteiger partial charge in [0.2, 0.25) is 0 Å². The lowest BCUT2D eigenvalue weighted by molar-refractivity contribution is -0.272. The predicted molar refractivity (Wildman–Crippen MR) is 70.1 cm³/mol. The fourth-order valence-electron chi connectivity index (χ4n) is 2.89. The zero-order valence-corrected chi connectivity index (χ0v) is 12.3. The van der Waals surface area contributed by atoms with Gasteiger partial charge in [-0.15, -0.1) is 0 Å². The molecule has 0 amide bonds. The number of methoxy groups -OCH3 is 2. The first-order valence-corrected chi connectivity index (χ1v) is 7.12. The summed E-state index contributed by atoms with van der Waals surface area (Å²) < 4.78 is 28.5. The lowest BCUT2D eigenvalue weighted by Gasteiger charge is -2.40. The zero-order valence-electron chi connectivity index (χ0n) is 12.3. The van der Waals surface area contributed by atoms with Crippen LogP contribution < -0.4 is 0 Å². The molecule has 0 aromatic heterocycles. The molecule has 0 aromatic rings. The average molecular weight is 274 g/mol. The monoisotopic (exact) mass is 274 g/mol. The van der Waals surface area contributed by atoms with Crippen LogP contribution in [0.1, 0.15) is 33.1 Å². The average Bonchev–Trinajstić information content (AvgIpc) is 2.40. The number of hydrogen-bond acceptors (Lipinski definition) is 5. The topological polar surface area (TPSA) is 46.2 Å². The van der Waals surface area contributed by atoms with Crippen LogP contribution in [0.4, 0.5) is 0 Å². The van der Waals surface area contributed by atoms with Crippen LogP contribution in [-0.2, 0) is 23.7 Å². The Kier molecular flexibility index (Phi) is 5.59. The highest BCUT2D eigenvalue weighted by molar-refractivity contribution is 4.82. The molecule has 6 atom stereocenters. The lowest BCUT2D eigenvalue weighted by atomic mass is 10.0. The van der Waals surface area contributed by atoms with E-state index in [0.717, 1.165) is 25.9 Å². The maximum absolute atomic E-state index is 6.10. The van der Waals surface area contributed by atoms with Crippen molar-refractivity contribution in [3.63, 3.8) is 0 Å². The minimum Gasteiger partial charge on any atom is -0.381 e. The van der Waals surface area contributed by atoms with Gasteiger partial charge in [-0.05, 0) is 26.7 Å². The van der Waals surface area contributed by atoms with E-state index in [9.17, 15) is 0 Å². The molecule has 2 aliphatic rings. The summed E-state index contributed by atoms with van der Waals surface area (Å²) in [7, 11) is 3.46. The van der Waals surface area contributed by atoms with Gasteiger partial charge in [-0.3, -0.25) is 0 Å². The third-order valence-corrected chi connectivity index (χ3v) is 3.99. The molecule has 2 heterocycles. The largest absolute Gasteiger partial charge is 0.381 e. The highest BCUT2D eigenvalue weighted by atomic mass is 16.7. The molecular formula is C14H26O5. The van der Waals surface area contributed by atoms with E-state index in [0.29, 0.717) is 0 Å². The van der Waals surface area contributed by atoms with Crippen molar-refractivity contribution < 1.29 is 23.7 Å². The van der Waals surface area contributed by atoms with E-state index in [2.05, 4.69) is 6.92 Å². The first-order chi connectivity index (χ1) is 9.13. The van der Waals surface area contributed by atoms with Crippen molar-refractivity contribution in [2.24, 2.45) is 0 Å². The lowest BCUT2D eigenvalue weighted by Crippen LogP contribution is -2.49. The molecule has 5 heteroatoms. The maximum Gasteiger partial charge on any atom is 0.161 e. The Bertz CT molecular complexity index is 273. The van der Waals surface area contributed by atoms with Crippen molar-refractivity contribution in [3.8, 4) is 0 Å². The van der Waals surface area contributed by atoms with Crippen LogP contribution in [0, 0.1) is 0 Å². The quantitative estimate of drug-likeness (QED) is 0.781. The predicted octanol–water partition coefficient (Wildman–Crippen LogP) is 1.74. The van der Waals surface area contributed by atoms with Gasteiger partial charge >= 0.3 is 0 Å². The molecule has 5 nitrogen and oxygen atoms in total. The Balaban J connectivity index is 1.93. The second-order valence-corrected chi connectivity index (χ2v) is 5.44. The van der Waals surface area contributed by atoms with Crippen molar-refractivity contribution in [2.75, 3.05) is 20.8 Å². The second-order valence-electron chi connectivity index (χ2n) is 5.44. The highest BCUT2D eigenvalue weighted by Gasteiger charge is 2.37. The first kappa shape index (κ1) is 15.2. The Morgan fingerprint density at radius 3 is 2.53 bits per heavy atom. The number of hydrogen-bond donors (Lipinski definition) is 0. The molecule has 0 aromatic carbocycles. The summed E-state index contributed by atoms with van der Waals surface area (Å²) >= 11 is 0. The van der Waals surface area contributed by atoms with Crippen LogP contribution in [0.3, 0.4) is 0 Å². The van der Waals surface area contributed by atoms with E-state index in [4.69, 9.17) is 23.7 Å². The molecule has 19 heavy (non-hydrogen) atoms. The summed E-state index contributed by atoms with van der Waals surface area (Å²) in [5.74, 6) is 0. The van der Waals surface area contributed by atoms with E-state index >= 15 is 0 Å². The third-order valence-electron chi connectivity index (χ3n) is 3.99. The van der Waals surface area contributed by atoms with E-state index < -0.39 is 0 Å². The molecule has 2 rings (SSSR count). The van der Waals surface area contributed by atoms with Gasteiger partial charge in [0.1, 0.15) is 6.10 Å². The van der Waals surface area contributed by atoms with Crippen molar-refractivity contribution in [2.45, 2.75) is 69.9 Å². The second kappa shape index (κ2) is 6.99. The Hall–Kier alpha value is -0.200. The summed E-state index contributed by atoms with van der Waals surface area (Å²) in [5.41, 5.74) is 0.